The van der Waals surface area contributed by atoms with Gasteiger partial charge in [-0.2, -0.15) is 0 Å². The van der Waals surface area contributed by atoms with E-state index in [1.807, 2.05) is 24.3 Å². The topological polar surface area (TPSA) is 84.3 Å². The number of azide groups is 1. The predicted octanol–water partition coefficient (Wildman–Crippen LogP) is 7.13. The molecule has 0 aliphatic carbocycles. The number of benzene rings is 1. The van der Waals surface area contributed by atoms with Crippen molar-refractivity contribution in [2.24, 2.45) is 5.11 Å². The highest BCUT2D eigenvalue weighted by molar-refractivity contribution is 9.10. The third kappa shape index (κ3) is 6.57. The van der Waals surface area contributed by atoms with Crippen molar-refractivity contribution in [1.29, 1.82) is 0 Å². The summed E-state index contributed by atoms with van der Waals surface area (Å²) in [5.74, 6) is -0.666. The summed E-state index contributed by atoms with van der Waals surface area (Å²) in [6.45, 7) is 19.6. The van der Waals surface area contributed by atoms with Crippen LogP contribution in [-0.4, -0.2) is 27.5 Å². The van der Waals surface area contributed by atoms with Gasteiger partial charge in [-0.25, -0.2) is 4.79 Å². The van der Waals surface area contributed by atoms with Gasteiger partial charge in [-0.3, -0.25) is 0 Å². The molecule has 0 unspecified atom stereocenters. The summed E-state index contributed by atoms with van der Waals surface area (Å²) in [5.41, 5.74) is 9.95. The normalized spacial score (nSPS) is 14.5. The summed E-state index contributed by atoms with van der Waals surface area (Å²) < 4.78 is 12.2. The molecular formula is C22H32BrN3O3Si. The van der Waals surface area contributed by atoms with Crippen LogP contribution in [0.1, 0.15) is 45.7 Å². The van der Waals surface area contributed by atoms with Crippen LogP contribution in [0.15, 0.2) is 46.1 Å². The van der Waals surface area contributed by atoms with Crippen molar-refractivity contribution in [3.05, 3.63) is 62.6 Å². The zero-order valence-electron chi connectivity index (χ0n) is 19.0. The van der Waals surface area contributed by atoms with Gasteiger partial charge in [-0.1, -0.05) is 54.0 Å². The Balaban J connectivity index is 3.36. The Kier molecular flexibility index (Phi) is 9.11. The van der Waals surface area contributed by atoms with Gasteiger partial charge in [0, 0.05) is 21.4 Å². The minimum Gasteiger partial charge on any atom is -0.462 e. The van der Waals surface area contributed by atoms with Crippen molar-refractivity contribution in [3.63, 3.8) is 0 Å². The van der Waals surface area contributed by atoms with Crippen LogP contribution in [0.25, 0.3) is 16.5 Å². The average molecular weight is 495 g/mol. The standard InChI is InChI=1S/C22H32BrN3O3Si/c1-9-22(6,15-29-30(7,8)21(3,4)5)17-11-12-18(23)16(13-17)14-19(25-26-24)20(27)28-10-2/h9,11-14H,1,10,15H2,2-8H3/b19-14-/t22-/m0/s1. The number of carbonyl (C=O) groups is 1. The fourth-order valence-corrected chi connectivity index (χ4v) is 3.80. The number of halogens is 1. The van der Waals surface area contributed by atoms with Gasteiger partial charge in [0.2, 0.25) is 0 Å². The monoisotopic (exact) mass is 493 g/mol. The highest BCUT2D eigenvalue weighted by Crippen LogP contribution is 2.39. The summed E-state index contributed by atoms with van der Waals surface area (Å²) in [4.78, 5) is 14.8. The van der Waals surface area contributed by atoms with Gasteiger partial charge in [-0.05, 0) is 66.8 Å². The fraction of sp³-hybridized carbons (Fsp3) is 0.500. The van der Waals surface area contributed by atoms with Crippen LogP contribution < -0.4 is 0 Å². The van der Waals surface area contributed by atoms with Gasteiger partial charge in [0.25, 0.3) is 0 Å². The molecule has 6 nitrogen and oxygen atoms in total. The maximum Gasteiger partial charge on any atom is 0.340 e. The summed E-state index contributed by atoms with van der Waals surface area (Å²) >= 11 is 3.50. The maximum atomic E-state index is 12.1. The quantitative estimate of drug-likeness (QED) is 0.0696. The molecule has 30 heavy (non-hydrogen) atoms. The van der Waals surface area contributed by atoms with E-state index in [4.69, 9.17) is 14.7 Å². The van der Waals surface area contributed by atoms with Gasteiger partial charge in [0.15, 0.2) is 8.32 Å². The molecule has 0 aliphatic heterocycles. The van der Waals surface area contributed by atoms with Crippen molar-refractivity contribution in [3.8, 4) is 0 Å². The van der Waals surface area contributed by atoms with Crippen LogP contribution in [-0.2, 0) is 19.4 Å². The second kappa shape index (κ2) is 10.4. The van der Waals surface area contributed by atoms with Crippen molar-refractivity contribution in [2.45, 2.75) is 58.2 Å². The molecule has 0 amide bonds. The van der Waals surface area contributed by atoms with E-state index in [1.165, 1.54) is 6.08 Å². The highest BCUT2D eigenvalue weighted by Gasteiger charge is 2.39. The van der Waals surface area contributed by atoms with E-state index in [0.717, 1.165) is 10.0 Å². The lowest BCUT2D eigenvalue weighted by molar-refractivity contribution is -0.138. The Hall–Kier alpha value is -1.86. The van der Waals surface area contributed by atoms with Crippen LogP contribution in [0, 0.1) is 0 Å². The van der Waals surface area contributed by atoms with Crippen molar-refractivity contribution in [2.75, 3.05) is 13.2 Å². The van der Waals surface area contributed by atoms with Crippen molar-refractivity contribution >= 4 is 36.3 Å². The molecule has 0 aliphatic rings. The summed E-state index contributed by atoms with van der Waals surface area (Å²) in [6, 6.07) is 5.83. The smallest absolute Gasteiger partial charge is 0.340 e. The molecule has 0 heterocycles. The first-order valence-corrected chi connectivity index (χ1v) is 13.5. The SMILES string of the molecule is C=C[C@@](C)(CO[Si](C)(C)C(C)(C)C)c1ccc(Br)c(/C=C(\N=[N+]=[N-])C(=O)OCC)c1. The van der Waals surface area contributed by atoms with Crippen molar-refractivity contribution < 1.29 is 14.0 Å². The van der Waals surface area contributed by atoms with Crippen LogP contribution >= 0.6 is 15.9 Å². The van der Waals surface area contributed by atoms with E-state index in [-0.39, 0.29) is 17.3 Å². The third-order valence-corrected chi connectivity index (χ3v) is 10.8. The molecule has 1 aromatic rings. The van der Waals surface area contributed by atoms with Gasteiger partial charge < -0.3 is 9.16 Å². The molecule has 164 valence electrons. The Morgan fingerprint density at radius 1 is 1.33 bits per heavy atom. The van der Waals surface area contributed by atoms with E-state index in [1.54, 1.807) is 6.92 Å². The number of hydrogen-bond acceptors (Lipinski definition) is 4. The molecule has 0 saturated heterocycles. The summed E-state index contributed by atoms with van der Waals surface area (Å²) in [6.07, 6.45) is 3.40. The van der Waals surface area contributed by atoms with E-state index < -0.39 is 19.7 Å². The van der Waals surface area contributed by atoms with Crippen molar-refractivity contribution in [1.82, 2.24) is 0 Å². The second-order valence-electron chi connectivity index (χ2n) is 8.85. The first-order chi connectivity index (χ1) is 13.8. The zero-order chi connectivity index (χ0) is 23.2. The predicted molar refractivity (Wildman–Crippen MR) is 129 cm³/mol. The Morgan fingerprint density at radius 3 is 2.47 bits per heavy atom. The van der Waals surface area contributed by atoms with Gasteiger partial charge in [0.1, 0.15) is 5.70 Å². The number of carbonyl (C=O) groups excluding carboxylic acids is 1. The Labute approximate surface area is 189 Å². The van der Waals surface area contributed by atoms with E-state index in [2.05, 4.69) is 73.3 Å². The minimum atomic E-state index is -1.93. The molecule has 1 atom stereocenters. The number of esters is 1. The molecule has 8 heteroatoms. The lowest BCUT2D eigenvalue weighted by Crippen LogP contribution is -2.44. The molecule has 0 radical (unpaired) electrons. The molecule has 0 N–H and O–H groups in total. The Morgan fingerprint density at radius 2 is 1.97 bits per heavy atom. The van der Waals surface area contributed by atoms with Crippen LogP contribution in [0.4, 0.5) is 0 Å². The second-order valence-corrected chi connectivity index (χ2v) is 14.5. The van der Waals surface area contributed by atoms with E-state index in [0.29, 0.717) is 12.2 Å². The maximum absolute atomic E-state index is 12.1. The molecular weight excluding hydrogens is 462 g/mol. The molecule has 1 aromatic carbocycles. The minimum absolute atomic E-state index is 0.102. The molecule has 0 bridgehead atoms. The first kappa shape index (κ1) is 26.2. The van der Waals surface area contributed by atoms with Gasteiger partial charge >= 0.3 is 5.97 Å². The molecule has 0 fully saturated rings. The lowest BCUT2D eigenvalue weighted by atomic mass is 9.83. The number of rotatable bonds is 9. The molecule has 0 aromatic heterocycles. The largest absolute Gasteiger partial charge is 0.462 e. The fourth-order valence-electron chi connectivity index (χ4n) is 2.35. The van der Waals surface area contributed by atoms with Crippen LogP contribution in [0.3, 0.4) is 0 Å². The van der Waals surface area contributed by atoms with Crippen LogP contribution in [0.2, 0.25) is 18.1 Å². The number of nitrogens with zero attached hydrogens (tertiary/aromatic N) is 3. The zero-order valence-corrected chi connectivity index (χ0v) is 21.5. The van der Waals surface area contributed by atoms with E-state index in [9.17, 15) is 4.79 Å². The number of ether oxygens (including phenoxy) is 1. The summed E-state index contributed by atoms with van der Waals surface area (Å²) in [7, 11) is -1.93. The lowest BCUT2D eigenvalue weighted by Gasteiger charge is -2.39. The number of hydrogen-bond donors (Lipinski definition) is 0. The Bertz CT molecular complexity index is 871. The van der Waals surface area contributed by atoms with Crippen LogP contribution in [0.5, 0.6) is 0 Å². The first-order valence-electron chi connectivity index (χ1n) is 9.83. The van der Waals surface area contributed by atoms with Gasteiger partial charge in [-0.15, -0.1) is 6.58 Å². The highest BCUT2D eigenvalue weighted by atomic mass is 79.9. The summed E-state index contributed by atoms with van der Waals surface area (Å²) in [5, 5.41) is 3.60. The van der Waals surface area contributed by atoms with Gasteiger partial charge in [0.05, 0.1) is 6.61 Å². The average Bonchev–Trinajstić information content (AvgIpc) is 2.66. The molecule has 0 spiro atoms. The molecule has 0 saturated carbocycles. The third-order valence-electron chi connectivity index (χ3n) is 5.57. The molecule has 1 rings (SSSR count). The van der Waals surface area contributed by atoms with E-state index >= 15 is 0 Å².